The van der Waals surface area contributed by atoms with E-state index >= 15 is 0 Å². The lowest BCUT2D eigenvalue weighted by Crippen LogP contribution is -2.48. The van der Waals surface area contributed by atoms with Crippen LogP contribution in [0.15, 0.2) is 12.4 Å². The number of carbonyl (C=O) groups is 1. The van der Waals surface area contributed by atoms with Gasteiger partial charge >= 0.3 is 6.09 Å². The maximum atomic E-state index is 10.8. The molecule has 88 valence electrons. The highest BCUT2D eigenvalue weighted by Gasteiger charge is 2.47. The van der Waals surface area contributed by atoms with Gasteiger partial charge in [-0.2, -0.15) is 0 Å². The molecule has 0 atom stereocenters. The molecule has 1 heterocycles. The van der Waals surface area contributed by atoms with Gasteiger partial charge in [-0.25, -0.2) is 4.79 Å². The standard InChI is InChI=1S/C12H18N2O2/c15-11(16)14-6-5-13(9-14)10-7-12(8-10)3-1-2-4-12/h5-6,10H,1-4,7-9H2,(H,15,16). The molecule has 4 heteroatoms. The molecule has 0 aromatic rings. The fraction of sp³-hybridized carbons (Fsp3) is 0.750. The van der Waals surface area contributed by atoms with Gasteiger partial charge in [-0.3, -0.25) is 4.90 Å². The summed E-state index contributed by atoms with van der Waals surface area (Å²) in [6, 6.07) is 0.582. The van der Waals surface area contributed by atoms with E-state index in [0.717, 1.165) is 0 Å². The van der Waals surface area contributed by atoms with Crippen LogP contribution in [0.3, 0.4) is 0 Å². The van der Waals surface area contributed by atoms with Gasteiger partial charge in [-0.15, -0.1) is 0 Å². The topological polar surface area (TPSA) is 43.8 Å². The molecule has 0 saturated heterocycles. The first kappa shape index (κ1) is 10.00. The van der Waals surface area contributed by atoms with Crippen LogP contribution in [0, 0.1) is 5.41 Å². The second kappa shape index (κ2) is 3.40. The Balaban J connectivity index is 1.55. The molecule has 1 amide bonds. The molecule has 0 unspecified atom stereocenters. The van der Waals surface area contributed by atoms with E-state index in [2.05, 4.69) is 4.90 Å². The first-order valence-corrected chi connectivity index (χ1v) is 6.12. The van der Waals surface area contributed by atoms with Crippen LogP contribution in [0.2, 0.25) is 0 Å². The highest BCUT2D eigenvalue weighted by molar-refractivity contribution is 5.66. The fourth-order valence-corrected chi connectivity index (χ4v) is 3.51. The molecule has 16 heavy (non-hydrogen) atoms. The summed E-state index contributed by atoms with van der Waals surface area (Å²) in [5.74, 6) is 0. The largest absolute Gasteiger partial charge is 0.465 e. The van der Waals surface area contributed by atoms with Crippen molar-refractivity contribution in [1.29, 1.82) is 0 Å². The van der Waals surface area contributed by atoms with E-state index < -0.39 is 6.09 Å². The first-order valence-electron chi connectivity index (χ1n) is 6.12. The van der Waals surface area contributed by atoms with Gasteiger partial charge in [0.25, 0.3) is 0 Å². The van der Waals surface area contributed by atoms with Gasteiger partial charge < -0.3 is 10.0 Å². The predicted octanol–water partition coefficient (Wildman–Crippen LogP) is 2.43. The zero-order chi connectivity index (χ0) is 11.2. The summed E-state index contributed by atoms with van der Waals surface area (Å²) < 4.78 is 0. The number of hydrogen-bond donors (Lipinski definition) is 1. The molecule has 2 fully saturated rings. The van der Waals surface area contributed by atoms with E-state index in [1.807, 2.05) is 6.20 Å². The Bertz CT molecular complexity index is 326. The molecule has 2 aliphatic carbocycles. The zero-order valence-corrected chi connectivity index (χ0v) is 9.43. The van der Waals surface area contributed by atoms with Crippen LogP contribution in [0.1, 0.15) is 38.5 Å². The van der Waals surface area contributed by atoms with Crippen LogP contribution in [0.25, 0.3) is 0 Å². The third-order valence-corrected chi connectivity index (χ3v) is 4.47. The Kier molecular flexibility index (Phi) is 2.13. The minimum Gasteiger partial charge on any atom is -0.465 e. The van der Waals surface area contributed by atoms with Crippen molar-refractivity contribution >= 4 is 6.09 Å². The smallest absolute Gasteiger partial charge is 0.412 e. The van der Waals surface area contributed by atoms with Crippen molar-refractivity contribution in [3.05, 3.63) is 12.4 Å². The van der Waals surface area contributed by atoms with Crippen LogP contribution in [-0.4, -0.2) is 33.7 Å². The number of nitrogens with zero attached hydrogens (tertiary/aromatic N) is 2. The summed E-state index contributed by atoms with van der Waals surface area (Å²) in [6.07, 6.45) is 10.9. The Labute approximate surface area is 95.5 Å². The Morgan fingerprint density at radius 3 is 2.50 bits per heavy atom. The summed E-state index contributed by atoms with van der Waals surface area (Å²) in [7, 11) is 0. The van der Waals surface area contributed by atoms with E-state index in [4.69, 9.17) is 5.11 Å². The van der Waals surface area contributed by atoms with Crippen molar-refractivity contribution in [1.82, 2.24) is 9.80 Å². The van der Waals surface area contributed by atoms with E-state index in [1.165, 1.54) is 43.4 Å². The van der Waals surface area contributed by atoms with Crippen LogP contribution in [-0.2, 0) is 0 Å². The molecule has 2 saturated carbocycles. The van der Waals surface area contributed by atoms with Crippen LogP contribution in [0.5, 0.6) is 0 Å². The molecular formula is C12H18N2O2. The quantitative estimate of drug-likeness (QED) is 0.741. The average Bonchev–Trinajstić information content (AvgIpc) is 2.84. The first-order chi connectivity index (χ1) is 7.69. The van der Waals surface area contributed by atoms with Crippen LogP contribution >= 0.6 is 0 Å². The van der Waals surface area contributed by atoms with E-state index in [9.17, 15) is 4.79 Å². The van der Waals surface area contributed by atoms with Crippen molar-refractivity contribution in [3.8, 4) is 0 Å². The van der Waals surface area contributed by atoms with E-state index in [0.29, 0.717) is 18.1 Å². The minimum absolute atomic E-state index is 0.524. The molecule has 4 nitrogen and oxygen atoms in total. The number of rotatable bonds is 1. The van der Waals surface area contributed by atoms with Gasteiger partial charge in [-0.1, -0.05) is 12.8 Å². The normalized spacial score (nSPS) is 27.8. The molecule has 0 aromatic carbocycles. The second-order valence-electron chi connectivity index (χ2n) is 5.48. The molecule has 3 aliphatic rings. The molecule has 0 aromatic heterocycles. The summed E-state index contributed by atoms with van der Waals surface area (Å²) in [5, 5.41) is 8.86. The molecule has 0 bridgehead atoms. The van der Waals surface area contributed by atoms with Crippen molar-refractivity contribution in [3.63, 3.8) is 0 Å². The summed E-state index contributed by atoms with van der Waals surface area (Å²) in [5.41, 5.74) is 0.634. The van der Waals surface area contributed by atoms with Gasteiger partial charge in [0.05, 0.1) is 0 Å². The van der Waals surface area contributed by atoms with Crippen molar-refractivity contribution < 1.29 is 9.90 Å². The van der Waals surface area contributed by atoms with Crippen LogP contribution < -0.4 is 0 Å². The molecule has 1 aliphatic heterocycles. The van der Waals surface area contributed by atoms with Gasteiger partial charge in [0.15, 0.2) is 0 Å². The average molecular weight is 222 g/mol. The van der Waals surface area contributed by atoms with Crippen LogP contribution in [0.4, 0.5) is 4.79 Å². The lowest BCUT2D eigenvalue weighted by Gasteiger charge is -2.49. The lowest BCUT2D eigenvalue weighted by atomic mass is 9.64. The minimum atomic E-state index is -0.853. The lowest BCUT2D eigenvalue weighted by molar-refractivity contribution is 0.0218. The van der Waals surface area contributed by atoms with Crippen molar-refractivity contribution in [2.45, 2.75) is 44.6 Å². The molecule has 1 N–H and O–H groups in total. The molecule has 3 rings (SSSR count). The zero-order valence-electron chi connectivity index (χ0n) is 9.43. The Morgan fingerprint density at radius 1 is 1.25 bits per heavy atom. The highest BCUT2D eigenvalue weighted by Crippen LogP contribution is 2.54. The molecule has 0 radical (unpaired) electrons. The van der Waals surface area contributed by atoms with Gasteiger partial charge in [-0.05, 0) is 31.1 Å². The van der Waals surface area contributed by atoms with E-state index in [-0.39, 0.29) is 0 Å². The summed E-state index contributed by atoms with van der Waals surface area (Å²) in [6.45, 7) is 0.524. The van der Waals surface area contributed by atoms with Gasteiger partial charge in [0.1, 0.15) is 6.67 Å². The highest BCUT2D eigenvalue weighted by atomic mass is 16.4. The Hall–Kier alpha value is -1.19. The third-order valence-electron chi connectivity index (χ3n) is 4.47. The maximum Gasteiger partial charge on any atom is 0.412 e. The van der Waals surface area contributed by atoms with Gasteiger partial charge in [0, 0.05) is 18.4 Å². The molecular weight excluding hydrogens is 204 g/mol. The van der Waals surface area contributed by atoms with Crippen molar-refractivity contribution in [2.24, 2.45) is 5.41 Å². The predicted molar refractivity (Wildman–Crippen MR) is 59.6 cm³/mol. The molecule has 1 spiro atoms. The van der Waals surface area contributed by atoms with Crippen molar-refractivity contribution in [2.75, 3.05) is 6.67 Å². The Morgan fingerprint density at radius 2 is 1.94 bits per heavy atom. The van der Waals surface area contributed by atoms with E-state index in [1.54, 1.807) is 6.20 Å². The van der Waals surface area contributed by atoms with Gasteiger partial charge in [0.2, 0.25) is 0 Å². The summed E-state index contributed by atoms with van der Waals surface area (Å²) >= 11 is 0. The number of carboxylic acid groups (broad SMARTS) is 1. The fourth-order valence-electron chi connectivity index (χ4n) is 3.51. The summed E-state index contributed by atoms with van der Waals surface area (Å²) in [4.78, 5) is 14.3. The number of hydrogen-bond acceptors (Lipinski definition) is 2. The SMILES string of the molecule is O=C(O)N1C=CN(C2CC3(CCCC3)C2)C1. The third kappa shape index (κ3) is 1.47. The monoisotopic (exact) mass is 222 g/mol. The second-order valence-corrected chi connectivity index (χ2v) is 5.48. The number of amides is 1. The maximum absolute atomic E-state index is 10.8.